The van der Waals surface area contributed by atoms with Crippen LogP contribution in [0.25, 0.3) is 0 Å². The Kier molecular flexibility index (Phi) is 6.99. The van der Waals surface area contributed by atoms with Gasteiger partial charge in [-0.3, -0.25) is 4.79 Å². The molecule has 0 aliphatic carbocycles. The smallest absolute Gasteiger partial charge is 0.243 e. The molecule has 9 nitrogen and oxygen atoms in total. The van der Waals surface area contributed by atoms with Crippen molar-refractivity contribution < 1.29 is 22.7 Å². The Hall–Kier alpha value is -2.59. The molecule has 30 heavy (non-hydrogen) atoms. The summed E-state index contributed by atoms with van der Waals surface area (Å²) in [6.07, 6.45) is 6.22. The predicted octanol–water partition coefficient (Wildman–Crippen LogP) is 1.51. The molecule has 1 aromatic heterocycles. The molecule has 1 saturated heterocycles. The fourth-order valence-corrected chi connectivity index (χ4v) is 5.09. The molecule has 0 spiro atoms. The lowest BCUT2D eigenvalue weighted by Gasteiger charge is -2.31. The van der Waals surface area contributed by atoms with Gasteiger partial charge in [-0.25, -0.2) is 13.4 Å². The van der Waals surface area contributed by atoms with Gasteiger partial charge in [-0.2, -0.15) is 4.31 Å². The molecule has 1 fully saturated rings. The lowest BCUT2D eigenvalue weighted by Crippen LogP contribution is -2.45. The highest BCUT2D eigenvalue weighted by Crippen LogP contribution is 2.32. The number of nitrogens with zero attached hydrogens (tertiary/aromatic N) is 3. The van der Waals surface area contributed by atoms with Gasteiger partial charge in [0, 0.05) is 50.1 Å². The number of hydrogen-bond donors (Lipinski definition) is 1. The van der Waals surface area contributed by atoms with Crippen molar-refractivity contribution in [3.8, 4) is 11.5 Å². The maximum absolute atomic E-state index is 13.0. The van der Waals surface area contributed by atoms with E-state index >= 15 is 0 Å². The van der Waals surface area contributed by atoms with E-state index in [0.717, 1.165) is 0 Å². The van der Waals surface area contributed by atoms with E-state index in [2.05, 4.69) is 10.3 Å². The molecule has 164 valence electrons. The standard InChI is InChI=1S/C20H28N4O5S/c1-15(13-23-11-8-21-14-23)22-20(25)16-6-9-24(10-7-16)30(26,27)17-4-5-18(28-2)19(12-17)29-3/h4-5,8,11-12,14-16H,6-7,9-10,13H2,1-3H3,(H,22,25)/t15-/m0/s1. The second-order valence-electron chi connectivity index (χ2n) is 7.36. The van der Waals surface area contributed by atoms with Crippen LogP contribution in [0.3, 0.4) is 0 Å². The van der Waals surface area contributed by atoms with Gasteiger partial charge in [0.25, 0.3) is 0 Å². The van der Waals surface area contributed by atoms with Crippen molar-refractivity contribution in [2.24, 2.45) is 5.92 Å². The largest absolute Gasteiger partial charge is 0.493 e. The fourth-order valence-electron chi connectivity index (χ4n) is 3.60. The average molecular weight is 437 g/mol. The highest BCUT2D eigenvalue weighted by molar-refractivity contribution is 7.89. The van der Waals surface area contributed by atoms with Crippen LogP contribution in [0.2, 0.25) is 0 Å². The molecular formula is C20H28N4O5S. The number of ether oxygens (including phenoxy) is 2. The molecule has 2 aromatic rings. The van der Waals surface area contributed by atoms with Crippen LogP contribution in [0.1, 0.15) is 19.8 Å². The number of rotatable bonds is 8. The highest BCUT2D eigenvalue weighted by Gasteiger charge is 2.33. The fraction of sp³-hybridized carbons (Fsp3) is 0.500. The topological polar surface area (TPSA) is 103 Å². The molecule has 3 rings (SSSR count). The number of sulfonamides is 1. The van der Waals surface area contributed by atoms with Gasteiger partial charge in [0.2, 0.25) is 15.9 Å². The number of methoxy groups -OCH3 is 2. The van der Waals surface area contributed by atoms with E-state index in [1.54, 1.807) is 18.6 Å². The molecular weight excluding hydrogens is 408 g/mol. The molecule has 1 amide bonds. The van der Waals surface area contributed by atoms with Gasteiger partial charge in [-0.1, -0.05) is 0 Å². The highest BCUT2D eigenvalue weighted by atomic mass is 32.2. The minimum atomic E-state index is -3.67. The van der Waals surface area contributed by atoms with Gasteiger partial charge < -0.3 is 19.4 Å². The van der Waals surface area contributed by atoms with E-state index in [1.165, 1.54) is 30.7 Å². The van der Waals surface area contributed by atoms with Crippen molar-refractivity contribution >= 4 is 15.9 Å². The summed E-state index contributed by atoms with van der Waals surface area (Å²) in [6, 6.07) is 4.51. The average Bonchev–Trinajstić information content (AvgIpc) is 3.26. The predicted molar refractivity (Wildman–Crippen MR) is 111 cm³/mol. The molecule has 1 aliphatic rings. The van der Waals surface area contributed by atoms with Gasteiger partial charge in [0.15, 0.2) is 11.5 Å². The first-order chi connectivity index (χ1) is 14.3. The molecule has 1 atom stereocenters. The van der Waals surface area contributed by atoms with Crippen molar-refractivity contribution in [1.82, 2.24) is 19.2 Å². The normalized spacial score (nSPS) is 16.8. The van der Waals surface area contributed by atoms with Crippen LogP contribution >= 0.6 is 0 Å². The number of imidazole rings is 1. The van der Waals surface area contributed by atoms with Gasteiger partial charge >= 0.3 is 0 Å². The zero-order valence-corrected chi connectivity index (χ0v) is 18.3. The van der Waals surface area contributed by atoms with Crippen molar-refractivity contribution in [2.45, 2.75) is 37.2 Å². The zero-order chi connectivity index (χ0) is 21.7. The number of amides is 1. The molecule has 0 saturated carbocycles. The molecule has 1 aliphatic heterocycles. The number of piperidine rings is 1. The Labute approximate surface area is 177 Å². The number of hydrogen-bond acceptors (Lipinski definition) is 6. The summed E-state index contributed by atoms with van der Waals surface area (Å²) in [6.45, 7) is 3.17. The maximum Gasteiger partial charge on any atom is 0.243 e. The Morgan fingerprint density at radius 3 is 2.53 bits per heavy atom. The SMILES string of the molecule is COc1ccc(S(=O)(=O)N2CCC(C(=O)N[C@@H](C)Cn3ccnc3)CC2)cc1OC. The summed E-state index contributed by atoms with van der Waals surface area (Å²) in [7, 11) is -0.708. The monoisotopic (exact) mass is 436 g/mol. The molecule has 0 radical (unpaired) electrons. The Balaban J connectivity index is 1.58. The number of benzene rings is 1. The zero-order valence-electron chi connectivity index (χ0n) is 17.4. The van der Waals surface area contributed by atoms with Gasteiger partial charge in [-0.05, 0) is 31.9 Å². The van der Waals surface area contributed by atoms with E-state index in [4.69, 9.17) is 9.47 Å². The van der Waals surface area contributed by atoms with E-state index in [1.807, 2.05) is 17.7 Å². The van der Waals surface area contributed by atoms with Crippen molar-refractivity contribution in [1.29, 1.82) is 0 Å². The Bertz CT molecular complexity index is 954. The van der Waals surface area contributed by atoms with Gasteiger partial charge in [0.05, 0.1) is 25.4 Å². The van der Waals surface area contributed by atoms with Crippen LogP contribution in [0, 0.1) is 5.92 Å². The summed E-state index contributed by atoms with van der Waals surface area (Å²) in [5, 5.41) is 3.01. The minimum Gasteiger partial charge on any atom is -0.493 e. The van der Waals surface area contributed by atoms with Crippen molar-refractivity contribution in [2.75, 3.05) is 27.3 Å². The van der Waals surface area contributed by atoms with E-state index in [-0.39, 0.29) is 22.8 Å². The van der Waals surface area contributed by atoms with Crippen LogP contribution in [0.5, 0.6) is 11.5 Å². The van der Waals surface area contributed by atoms with Crippen LogP contribution in [0.4, 0.5) is 0 Å². The third-order valence-corrected chi connectivity index (χ3v) is 7.14. The maximum atomic E-state index is 13.0. The summed E-state index contributed by atoms with van der Waals surface area (Å²) in [5.41, 5.74) is 0. The van der Waals surface area contributed by atoms with Crippen LogP contribution < -0.4 is 14.8 Å². The van der Waals surface area contributed by atoms with Crippen LogP contribution in [-0.4, -0.2) is 61.5 Å². The summed E-state index contributed by atoms with van der Waals surface area (Å²) in [5.74, 6) is 0.592. The third-order valence-electron chi connectivity index (χ3n) is 5.25. The lowest BCUT2D eigenvalue weighted by molar-refractivity contribution is -0.126. The first-order valence-corrected chi connectivity index (χ1v) is 11.3. The van der Waals surface area contributed by atoms with E-state index in [0.29, 0.717) is 44.0 Å². The Morgan fingerprint density at radius 2 is 1.93 bits per heavy atom. The van der Waals surface area contributed by atoms with E-state index in [9.17, 15) is 13.2 Å². The van der Waals surface area contributed by atoms with Gasteiger partial charge in [-0.15, -0.1) is 0 Å². The lowest BCUT2D eigenvalue weighted by atomic mass is 9.97. The summed E-state index contributed by atoms with van der Waals surface area (Å²) < 4.78 is 39.7. The molecule has 1 N–H and O–H groups in total. The minimum absolute atomic E-state index is 0.0363. The molecule has 2 heterocycles. The van der Waals surface area contributed by atoms with E-state index < -0.39 is 10.0 Å². The van der Waals surface area contributed by atoms with Crippen molar-refractivity contribution in [3.05, 3.63) is 36.9 Å². The number of nitrogens with one attached hydrogen (secondary N) is 1. The van der Waals surface area contributed by atoms with Crippen LogP contribution in [0.15, 0.2) is 41.8 Å². The first-order valence-electron chi connectivity index (χ1n) is 9.83. The summed E-state index contributed by atoms with van der Waals surface area (Å²) in [4.78, 5) is 16.7. The number of carbonyl (C=O) groups excluding carboxylic acids is 1. The summed E-state index contributed by atoms with van der Waals surface area (Å²) >= 11 is 0. The number of aromatic nitrogens is 2. The third kappa shape index (κ3) is 4.93. The Morgan fingerprint density at radius 1 is 1.23 bits per heavy atom. The quantitative estimate of drug-likeness (QED) is 0.673. The van der Waals surface area contributed by atoms with Crippen molar-refractivity contribution in [3.63, 3.8) is 0 Å². The molecule has 0 bridgehead atoms. The second kappa shape index (κ2) is 9.48. The number of carbonyl (C=O) groups is 1. The molecule has 1 aromatic carbocycles. The van der Waals surface area contributed by atoms with Crippen LogP contribution in [-0.2, 0) is 21.4 Å². The first kappa shape index (κ1) is 22.1. The molecule has 0 unspecified atom stereocenters. The van der Waals surface area contributed by atoms with Gasteiger partial charge in [0.1, 0.15) is 0 Å². The molecule has 10 heteroatoms. The second-order valence-corrected chi connectivity index (χ2v) is 9.30.